The first kappa shape index (κ1) is 20.5. The highest BCUT2D eigenvalue weighted by molar-refractivity contribution is 5.78. The number of piperidine rings is 2. The lowest BCUT2D eigenvalue weighted by molar-refractivity contribution is -0.126. The van der Waals surface area contributed by atoms with E-state index in [4.69, 9.17) is 0 Å². The fourth-order valence-electron chi connectivity index (χ4n) is 5.21. The molecule has 5 nitrogen and oxygen atoms in total. The number of allylic oxidation sites excluding steroid dienone is 2. The van der Waals surface area contributed by atoms with Crippen molar-refractivity contribution in [3.63, 3.8) is 0 Å². The van der Waals surface area contributed by atoms with Gasteiger partial charge in [-0.2, -0.15) is 0 Å². The number of likely N-dealkylation sites (tertiary alicyclic amines) is 2. The van der Waals surface area contributed by atoms with Crippen molar-refractivity contribution in [3.8, 4) is 0 Å². The van der Waals surface area contributed by atoms with E-state index in [2.05, 4.69) is 32.3 Å². The first-order chi connectivity index (χ1) is 14.3. The number of nitrogens with one attached hydrogen (secondary N) is 1. The van der Waals surface area contributed by atoms with Gasteiger partial charge in [0.05, 0.1) is 12.2 Å². The summed E-state index contributed by atoms with van der Waals surface area (Å²) in [6.07, 6.45) is 15.0. The quantitative estimate of drug-likeness (QED) is 0.750. The maximum absolute atomic E-state index is 12.5. The Bertz CT molecular complexity index is 661. The Balaban J connectivity index is 1.14. The first-order valence-electron chi connectivity index (χ1n) is 11.6. The molecule has 1 aromatic rings. The van der Waals surface area contributed by atoms with Crippen LogP contribution in [0.2, 0.25) is 0 Å². The molecular weight excluding hydrogens is 360 g/mol. The average molecular weight is 397 g/mol. The predicted octanol–water partition coefficient (Wildman–Crippen LogP) is 3.23. The summed E-state index contributed by atoms with van der Waals surface area (Å²) in [5, 5.41) is 3.08. The van der Waals surface area contributed by atoms with Gasteiger partial charge in [0.25, 0.3) is 0 Å². The lowest BCUT2D eigenvalue weighted by Gasteiger charge is -2.42. The molecule has 1 aromatic heterocycles. The number of aromatic nitrogens is 1. The van der Waals surface area contributed by atoms with Crippen molar-refractivity contribution in [3.05, 3.63) is 42.2 Å². The normalized spacial score (nSPS) is 25.2. The number of rotatable bonds is 6. The van der Waals surface area contributed by atoms with Gasteiger partial charge in [-0.25, -0.2) is 0 Å². The van der Waals surface area contributed by atoms with Crippen molar-refractivity contribution in [1.82, 2.24) is 20.1 Å². The zero-order valence-electron chi connectivity index (χ0n) is 17.6. The molecular formula is C24H36N4O. The molecule has 29 heavy (non-hydrogen) atoms. The third kappa shape index (κ3) is 5.89. The van der Waals surface area contributed by atoms with Crippen LogP contribution in [0.4, 0.5) is 0 Å². The molecule has 0 radical (unpaired) electrons. The third-order valence-electron chi connectivity index (χ3n) is 7.04. The summed E-state index contributed by atoms with van der Waals surface area (Å²) in [7, 11) is 0. The molecule has 158 valence electrons. The fourth-order valence-corrected chi connectivity index (χ4v) is 5.21. The van der Waals surface area contributed by atoms with Gasteiger partial charge in [-0.3, -0.25) is 9.78 Å². The Hall–Kier alpha value is -1.72. The minimum Gasteiger partial charge on any atom is -0.350 e. The second kappa shape index (κ2) is 10.4. The van der Waals surface area contributed by atoms with Crippen molar-refractivity contribution in [1.29, 1.82) is 0 Å². The van der Waals surface area contributed by atoms with Crippen LogP contribution >= 0.6 is 0 Å². The Morgan fingerprint density at radius 2 is 1.86 bits per heavy atom. The monoisotopic (exact) mass is 396 g/mol. The molecule has 2 aliphatic heterocycles. The summed E-state index contributed by atoms with van der Waals surface area (Å²) in [5.41, 5.74) is 0.925. The molecule has 1 unspecified atom stereocenters. The molecule has 2 fully saturated rings. The van der Waals surface area contributed by atoms with Crippen LogP contribution in [0.3, 0.4) is 0 Å². The highest BCUT2D eigenvalue weighted by Gasteiger charge is 2.31. The number of pyridine rings is 1. The van der Waals surface area contributed by atoms with Crippen LogP contribution < -0.4 is 5.32 Å². The van der Waals surface area contributed by atoms with E-state index in [0.717, 1.165) is 43.6 Å². The molecule has 1 N–H and O–H groups in total. The molecule has 0 spiro atoms. The second-order valence-electron chi connectivity index (χ2n) is 9.03. The van der Waals surface area contributed by atoms with Gasteiger partial charge in [-0.05, 0) is 89.2 Å². The number of hydrogen-bond acceptors (Lipinski definition) is 4. The largest absolute Gasteiger partial charge is 0.350 e. The van der Waals surface area contributed by atoms with Crippen LogP contribution in [0.15, 0.2) is 36.5 Å². The average Bonchev–Trinajstić information content (AvgIpc) is 2.79. The molecule has 3 heterocycles. The van der Waals surface area contributed by atoms with E-state index in [1.807, 2.05) is 18.2 Å². The number of carbonyl (C=O) groups excluding carboxylic acids is 1. The van der Waals surface area contributed by atoms with E-state index in [0.29, 0.717) is 6.54 Å². The van der Waals surface area contributed by atoms with Gasteiger partial charge in [0, 0.05) is 24.7 Å². The van der Waals surface area contributed by atoms with Crippen molar-refractivity contribution in [2.24, 2.45) is 11.8 Å². The Kier molecular flexibility index (Phi) is 7.33. The van der Waals surface area contributed by atoms with Gasteiger partial charge in [-0.15, -0.1) is 0 Å². The summed E-state index contributed by atoms with van der Waals surface area (Å²) in [5.74, 6) is 1.23. The van der Waals surface area contributed by atoms with Crippen LogP contribution in [0.25, 0.3) is 0 Å². The zero-order chi connectivity index (χ0) is 19.9. The van der Waals surface area contributed by atoms with Crippen LogP contribution in [-0.4, -0.2) is 59.5 Å². The van der Waals surface area contributed by atoms with Crippen molar-refractivity contribution in [2.75, 3.05) is 32.7 Å². The lowest BCUT2D eigenvalue weighted by Crippen LogP contribution is -2.49. The van der Waals surface area contributed by atoms with Crippen LogP contribution in [0.5, 0.6) is 0 Å². The van der Waals surface area contributed by atoms with Crippen LogP contribution in [-0.2, 0) is 11.3 Å². The Morgan fingerprint density at radius 3 is 2.55 bits per heavy atom. The van der Waals surface area contributed by atoms with Gasteiger partial charge in [-0.1, -0.05) is 18.2 Å². The molecule has 0 saturated carbocycles. The molecule has 2 saturated heterocycles. The van der Waals surface area contributed by atoms with Gasteiger partial charge < -0.3 is 15.1 Å². The molecule has 0 bridgehead atoms. The number of hydrogen-bond donors (Lipinski definition) is 1. The van der Waals surface area contributed by atoms with E-state index in [9.17, 15) is 4.79 Å². The smallest absolute Gasteiger partial charge is 0.223 e. The summed E-state index contributed by atoms with van der Waals surface area (Å²) >= 11 is 0. The topological polar surface area (TPSA) is 48.5 Å². The highest BCUT2D eigenvalue weighted by atomic mass is 16.1. The van der Waals surface area contributed by atoms with E-state index in [1.54, 1.807) is 6.20 Å². The van der Waals surface area contributed by atoms with Gasteiger partial charge in [0.1, 0.15) is 0 Å². The highest BCUT2D eigenvalue weighted by Crippen LogP contribution is 2.26. The minimum absolute atomic E-state index is 0.161. The minimum atomic E-state index is 0.161. The molecule has 3 aliphatic rings. The maximum atomic E-state index is 12.5. The summed E-state index contributed by atoms with van der Waals surface area (Å²) in [6, 6.07) is 6.54. The van der Waals surface area contributed by atoms with Crippen LogP contribution in [0, 0.1) is 11.8 Å². The lowest BCUT2D eigenvalue weighted by atomic mass is 9.91. The SMILES string of the molecule is O=C(NCc1ccccn1)C1CCN(C2CCN(CC3CC=CCC3)CC2)CC1. The Morgan fingerprint density at radius 1 is 1.03 bits per heavy atom. The Labute approximate surface area is 175 Å². The third-order valence-corrected chi connectivity index (χ3v) is 7.04. The van der Waals surface area contributed by atoms with Crippen molar-refractivity contribution in [2.45, 2.75) is 57.5 Å². The van der Waals surface area contributed by atoms with Gasteiger partial charge >= 0.3 is 0 Å². The molecule has 5 heteroatoms. The van der Waals surface area contributed by atoms with E-state index >= 15 is 0 Å². The molecule has 4 rings (SSSR count). The second-order valence-corrected chi connectivity index (χ2v) is 9.03. The molecule has 0 aromatic carbocycles. The predicted molar refractivity (Wildman–Crippen MR) is 116 cm³/mol. The number of amides is 1. The van der Waals surface area contributed by atoms with Gasteiger partial charge in [0.15, 0.2) is 0 Å². The fraction of sp³-hybridized carbons (Fsp3) is 0.667. The zero-order valence-corrected chi connectivity index (χ0v) is 17.6. The number of nitrogens with zero attached hydrogens (tertiary/aromatic N) is 3. The van der Waals surface area contributed by atoms with E-state index in [1.165, 1.54) is 51.7 Å². The maximum Gasteiger partial charge on any atom is 0.223 e. The molecule has 1 atom stereocenters. The number of carbonyl (C=O) groups is 1. The first-order valence-corrected chi connectivity index (χ1v) is 11.6. The summed E-state index contributed by atoms with van der Waals surface area (Å²) in [6.45, 7) is 6.45. The molecule has 1 aliphatic carbocycles. The van der Waals surface area contributed by atoms with Crippen molar-refractivity contribution < 1.29 is 4.79 Å². The standard InChI is InChI=1S/C24H36N4O/c29-24(26-18-22-8-4-5-13-25-22)21-9-16-28(17-10-21)23-11-14-27(15-12-23)19-20-6-2-1-3-7-20/h1-2,4-5,8,13,20-21,23H,3,6-7,9-12,14-19H2,(H,26,29). The summed E-state index contributed by atoms with van der Waals surface area (Å²) < 4.78 is 0. The summed E-state index contributed by atoms with van der Waals surface area (Å²) in [4.78, 5) is 22.1. The van der Waals surface area contributed by atoms with Gasteiger partial charge in [0.2, 0.25) is 5.91 Å². The van der Waals surface area contributed by atoms with Crippen molar-refractivity contribution >= 4 is 5.91 Å². The molecule has 1 amide bonds. The van der Waals surface area contributed by atoms with E-state index < -0.39 is 0 Å². The van der Waals surface area contributed by atoms with Crippen LogP contribution in [0.1, 0.15) is 50.6 Å². The van der Waals surface area contributed by atoms with E-state index in [-0.39, 0.29) is 11.8 Å².